The molecule has 4 nitrogen and oxygen atoms in total. The molecule has 29 heavy (non-hydrogen) atoms. The number of hydrogen-bond donors (Lipinski definition) is 2. The molecule has 0 bridgehead atoms. The van der Waals surface area contributed by atoms with Crippen LogP contribution in [0.15, 0.2) is 48.5 Å². The first-order valence-electron chi connectivity index (χ1n) is 10.6. The van der Waals surface area contributed by atoms with Crippen LogP contribution >= 0.6 is 0 Å². The van der Waals surface area contributed by atoms with Crippen molar-refractivity contribution in [3.05, 3.63) is 59.6 Å². The van der Waals surface area contributed by atoms with Gasteiger partial charge in [0, 0.05) is 23.2 Å². The van der Waals surface area contributed by atoms with Gasteiger partial charge in [0.05, 0.1) is 5.69 Å². The molecule has 0 saturated carbocycles. The topological polar surface area (TPSA) is 66.2 Å². The van der Waals surface area contributed by atoms with Gasteiger partial charge in [0.15, 0.2) is 0 Å². The molecule has 0 amide bonds. The molecule has 0 aliphatic heterocycles. The van der Waals surface area contributed by atoms with Gasteiger partial charge in [-0.05, 0) is 63.1 Å². The smallest absolute Gasteiger partial charge is 0.132 e. The molecule has 1 heterocycles. The lowest BCUT2D eigenvalue weighted by Gasteiger charge is -2.32. The van der Waals surface area contributed by atoms with Crippen molar-refractivity contribution in [1.29, 1.82) is 0 Å². The zero-order valence-corrected chi connectivity index (χ0v) is 17.8. The Hall–Kier alpha value is -2.62. The molecule has 2 N–H and O–H groups in total. The summed E-state index contributed by atoms with van der Waals surface area (Å²) in [4.78, 5) is 8.42. The second kappa shape index (κ2) is 9.25. The lowest BCUT2D eigenvalue weighted by Crippen LogP contribution is -2.17. The first-order valence-corrected chi connectivity index (χ1v) is 10.6. The Balaban J connectivity index is 2.18. The molecule has 3 rings (SSSR count). The van der Waals surface area contributed by atoms with Gasteiger partial charge in [-0.3, -0.25) is 0 Å². The Morgan fingerprint density at radius 2 is 2.07 bits per heavy atom. The highest BCUT2D eigenvalue weighted by molar-refractivity contribution is 5.75. The van der Waals surface area contributed by atoms with Gasteiger partial charge in [-0.25, -0.2) is 9.97 Å². The molecule has 1 aliphatic rings. The third-order valence-electron chi connectivity index (χ3n) is 6.00. The van der Waals surface area contributed by atoms with E-state index in [0.29, 0.717) is 16.8 Å². The molecule has 2 aromatic rings. The number of benzene rings is 1. The fourth-order valence-corrected chi connectivity index (χ4v) is 4.44. The van der Waals surface area contributed by atoms with E-state index in [-0.39, 0.29) is 23.3 Å². The summed E-state index contributed by atoms with van der Waals surface area (Å²) in [5.74, 6) is 0.401. The van der Waals surface area contributed by atoms with E-state index in [2.05, 4.69) is 36.5 Å². The van der Waals surface area contributed by atoms with Crippen LogP contribution in [0.4, 0.5) is 0 Å². The Morgan fingerprint density at radius 3 is 2.72 bits per heavy atom. The van der Waals surface area contributed by atoms with Crippen molar-refractivity contribution < 1.29 is 10.2 Å². The minimum atomic E-state index is -0.0912. The van der Waals surface area contributed by atoms with E-state index in [9.17, 15) is 10.2 Å². The van der Waals surface area contributed by atoms with Crippen molar-refractivity contribution in [2.45, 2.75) is 65.2 Å². The van der Waals surface area contributed by atoms with Crippen LogP contribution in [-0.2, 0) is 6.42 Å². The number of rotatable bonds is 7. The number of allylic oxidation sites excluding steroid dienone is 3. The second-order valence-electron chi connectivity index (χ2n) is 8.27. The van der Waals surface area contributed by atoms with Gasteiger partial charge >= 0.3 is 0 Å². The Kier molecular flexibility index (Phi) is 6.73. The van der Waals surface area contributed by atoms with E-state index >= 15 is 0 Å². The van der Waals surface area contributed by atoms with Gasteiger partial charge in [0.25, 0.3) is 0 Å². The summed E-state index contributed by atoms with van der Waals surface area (Å²) in [5, 5.41) is 22.4. The zero-order chi connectivity index (χ0) is 21.0. The van der Waals surface area contributed by atoms with E-state index in [0.717, 1.165) is 49.7 Å². The van der Waals surface area contributed by atoms with E-state index in [1.54, 1.807) is 6.20 Å². The van der Waals surface area contributed by atoms with Crippen LogP contribution in [0.3, 0.4) is 0 Å². The number of unbranched alkanes of at least 4 members (excludes halogenated alkanes) is 2. The highest BCUT2D eigenvalue weighted by Crippen LogP contribution is 2.50. The molecule has 1 aromatic carbocycles. The van der Waals surface area contributed by atoms with Crippen LogP contribution in [-0.4, -0.2) is 20.2 Å². The summed E-state index contributed by atoms with van der Waals surface area (Å²) in [6.45, 7) is 10.5. The van der Waals surface area contributed by atoms with Crippen molar-refractivity contribution in [1.82, 2.24) is 9.97 Å². The summed E-state index contributed by atoms with van der Waals surface area (Å²) in [5.41, 5.74) is 5.28. The molecule has 0 fully saturated rings. The van der Waals surface area contributed by atoms with E-state index < -0.39 is 0 Å². The van der Waals surface area contributed by atoms with E-state index in [1.807, 2.05) is 19.1 Å². The highest BCUT2D eigenvalue weighted by atomic mass is 16.3. The predicted octanol–water partition coefficient (Wildman–Crippen LogP) is 6.30. The Bertz CT molecular complexity index is 903. The van der Waals surface area contributed by atoms with Crippen molar-refractivity contribution in [3.8, 4) is 22.8 Å². The number of aromatic nitrogens is 2. The molecule has 0 radical (unpaired) electrons. The molecule has 2 atom stereocenters. The van der Waals surface area contributed by atoms with Crippen LogP contribution in [0.2, 0.25) is 0 Å². The van der Waals surface area contributed by atoms with Crippen LogP contribution < -0.4 is 0 Å². The van der Waals surface area contributed by atoms with Crippen LogP contribution in [0.1, 0.15) is 69.9 Å². The third kappa shape index (κ3) is 4.52. The number of phenolic OH excluding ortho intramolecular Hbond substituents is 2. The number of aryl methyl sites for hydroxylation is 1. The highest BCUT2D eigenvalue weighted by Gasteiger charge is 2.32. The fourth-order valence-electron chi connectivity index (χ4n) is 4.44. The average molecular weight is 393 g/mol. The second-order valence-corrected chi connectivity index (χ2v) is 8.27. The molecule has 2 unspecified atom stereocenters. The number of hydrogen-bond acceptors (Lipinski definition) is 4. The lowest BCUT2D eigenvalue weighted by atomic mass is 9.73. The number of aromatic hydroxyl groups is 2. The lowest BCUT2D eigenvalue weighted by molar-refractivity contribution is 0.407. The van der Waals surface area contributed by atoms with Gasteiger partial charge in [-0.15, -0.1) is 0 Å². The van der Waals surface area contributed by atoms with Gasteiger partial charge in [-0.1, -0.05) is 43.6 Å². The fraction of sp³-hybridized carbons (Fsp3) is 0.440. The van der Waals surface area contributed by atoms with Crippen LogP contribution in [0, 0.1) is 5.92 Å². The van der Waals surface area contributed by atoms with Gasteiger partial charge in [0.1, 0.15) is 17.8 Å². The molecule has 154 valence electrons. The Labute approximate surface area is 174 Å². The van der Waals surface area contributed by atoms with Crippen molar-refractivity contribution in [2.75, 3.05) is 0 Å². The van der Waals surface area contributed by atoms with Gasteiger partial charge in [0.2, 0.25) is 0 Å². The minimum absolute atomic E-state index is 0.0912. The van der Waals surface area contributed by atoms with Crippen molar-refractivity contribution >= 4 is 0 Å². The van der Waals surface area contributed by atoms with Crippen LogP contribution in [0.25, 0.3) is 11.3 Å². The summed E-state index contributed by atoms with van der Waals surface area (Å²) < 4.78 is 0. The summed E-state index contributed by atoms with van der Waals surface area (Å²) in [7, 11) is 0. The normalized spacial score (nSPS) is 19.1. The summed E-state index contributed by atoms with van der Waals surface area (Å²) in [6.07, 6.45) is 11.4. The quantitative estimate of drug-likeness (QED) is 0.428. The number of phenols is 2. The standard InChI is InChI=1S/C25H32N2O2/c1-5-6-7-8-18-14-22(28)24(20-13-17(4)9-10-19(20)16(2)3)25(29)23(18)21-11-12-26-15-27-21/h11-15,19-20,28-29H,2,5-10H2,1,3-4H3. The monoisotopic (exact) mass is 392 g/mol. The molecular weight excluding hydrogens is 360 g/mol. The van der Waals surface area contributed by atoms with Crippen molar-refractivity contribution in [3.63, 3.8) is 0 Å². The first-order chi connectivity index (χ1) is 13.9. The maximum atomic E-state index is 11.4. The minimum Gasteiger partial charge on any atom is -0.507 e. The third-order valence-corrected chi connectivity index (χ3v) is 6.00. The zero-order valence-electron chi connectivity index (χ0n) is 17.8. The molecule has 1 aromatic heterocycles. The average Bonchev–Trinajstić information content (AvgIpc) is 2.68. The van der Waals surface area contributed by atoms with E-state index in [4.69, 9.17) is 0 Å². The molecule has 0 spiro atoms. The maximum absolute atomic E-state index is 11.4. The molecule has 1 aliphatic carbocycles. The van der Waals surface area contributed by atoms with Crippen LogP contribution in [0.5, 0.6) is 11.5 Å². The Morgan fingerprint density at radius 1 is 1.28 bits per heavy atom. The molecule has 4 heteroatoms. The number of nitrogens with zero attached hydrogens (tertiary/aromatic N) is 2. The first kappa shape index (κ1) is 21.1. The SMILES string of the molecule is C=C(C)C1CCC(C)=CC1c1c(O)cc(CCCCC)c(-c2ccncn2)c1O. The summed E-state index contributed by atoms with van der Waals surface area (Å²) >= 11 is 0. The largest absolute Gasteiger partial charge is 0.507 e. The van der Waals surface area contributed by atoms with Gasteiger partial charge < -0.3 is 10.2 Å². The maximum Gasteiger partial charge on any atom is 0.132 e. The van der Waals surface area contributed by atoms with Gasteiger partial charge in [-0.2, -0.15) is 0 Å². The molecule has 0 saturated heterocycles. The van der Waals surface area contributed by atoms with Crippen molar-refractivity contribution in [2.24, 2.45) is 5.92 Å². The predicted molar refractivity (Wildman–Crippen MR) is 118 cm³/mol. The summed E-state index contributed by atoms with van der Waals surface area (Å²) in [6, 6.07) is 3.65. The molecular formula is C25H32N2O2. The van der Waals surface area contributed by atoms with E-state index in [1.165, 1.54) is 11.9 Å².